The third-order valence-electron chi connectivity index (χ3n) is 7.78. The predicted molar refractivity (Wildman–Crippen MR) is 147 cm³/mol. The van der Waals surface area contributed by atoms with Crippen molar-refractivity contribution in [3.05, 3.63) is 42.2 Å². The van der Waals surface area contributed by atoms with E-state index in [0.29, 0.717) is 12.4 Å². The molecule has 0 radical (unpaired) electrons. The highest BCUT2D eigenvalue weighted by Crippen LogP contribution is 2.37. The molecule has 7 heteroatoms. The Bertz CT molecular complexity index is 1230. The van der Waals surface area contributed by atoms with Crippen LogP contribution in [0.4, 0.5) is 5.95 Å². The molecule has 0 amide bonds. The van der Waals surface area contributed by atoms with Crippen LogP contribution in [0.15, 0.2) is 36.7 Å². The summed E-state index contributed by atoms with van der Waals surface area (Å²) in [6, 6.07) is 8.35. The van der Waals surface area contributed by atoms with Crippen molar-refractivity contribution in [3.8, 4) is 11.1 Å². The van der Waals surface area contributed by atoms with Crippen molar-refractivity contribution in [2.75, 3.05) is 38.5 Å². The van der Waals surface area contributed by atoms with E-state index < -0.39 is 12.9 Å². The summed E-state index contributed by atoms with van der Waals surface area (Å²) in [4.78, 5) is 14.3. The monoisotopic (exact) mass is 493 g/mol. The minimum absolute atomic E-state index is 0.234. The fraction of sp³-hybridized carbons (Fsp3) is 0.586. The molecule has 2 N–H and O–H groups in total. The second kappa shape index (κ2) is 11.3. The third kappa shape index (κ3) is 5.74. The van der Waals surface area contributed by atoms with Crippen LogP contribution >= 0.6 is 0 Å². The number of aliphatic hydroxyl groups is 1. The van der Waals surface area contributed by atoms with E-state index in [1.807, 2.05) is 13.1 Å². The zero-order valence-electron chi connectivity index (χ0n) is 24.7. The SMILES string of the molecule is [2H]C([2H])([2H])[C@@H](CCC)Nc1ncc2c(-c3ccc(CN4CCN(C)CC4)cc3)cn(C3CCC(O)CC3)c2n1. The fourth-order valence-electron chi connectivity index (χ4n) is 5.51. The second-order valence-corrected chi connectivity index (χ2v) is 10.6. The van der Waals surface area contributed by atoms with Crippen LogP contribution in [0.2, 0.25) is 0 Å². The number of aliphatic hydroxyl groups excluding tert-OH is 1. The van der Waals surface area contributed by atoms with Crippen molar-refractivity contribution in [2.45, 2.75) is 77.0 Å². The number of fused-ring (bicyclic) bond motifs is 1. The molecule has 1 aromatic carbocycles. The van der Waals surface area contributed by atoms with Crippen LogP contribution in [0, 0.1) is 0 Å². The number of anilines is 1. The van der Waals surface area contributed by atoms with E-state index in [9.17, 15) is 5.11 Å². The summed E-state index contributed by atoms with van der Waals surface area (Å²) in [6.07, 6.45) is 8.35. The van der Waals surface area contributed by atoms with Crippen LogP contribution in [0.25, 0.3) is 22.2 Å². The Morgan fingerprint density at radius 2 is 1.86 bits per heavy atom. The van der Waals surface area contributed by atoms with Crippen molar-refractivity contribution < 1.29 is 9.22 Å². The molecule has 36 heavy (non-hydrogen) atoms. The van der Waals surface area contributed by atoms with Crippen molar-refractivity contribution in [1.29, 1.82) is 0 Å². The first kappa shape index (κ1) is 21.6. The van der Waals surface area contributed by atoms with E-state index in [1.165, 1.54) is 5.56 Å². The number of benzene rings is 1. The highest BCUT2D eigenvalue weighted by Gasteiger charge is 2.24. The summed E-state index contributed by atoms with van der Waals surface area (Å²) < 4.78 is 26.0. The van der Waals surface area contributed by atoms with Crippen LogP contribution in [0.3, 0.4) is 0 Å². The Morgan fingerprint density at radius 3 is 2.56 bits per heavy atom. The fourth-order valence-corrected chi connectivity index (χ4v) is 5.51. The topological polar surface area (TPSA) is 69.5 Å². The first-order valence-corrected chi connectivity index (χ1v) is 13.5. The Kier molecular flexibility index (Phi) is 6.76. The summed E-state index contributed by atoms with van der Waals surface area (Å²) in [7, 11) is 2.18. The van der Waals surface area contributed by atoms with E-state index in [1.54, 1.807) is 0 Å². The van der Waals surface area contributed by atoms with Gasteiger partial charge in [-0.1, -0.05) is 37.6 Å². The Hall–Kier alpha value is -2.48. The number of aromatic nitrogens is 3. The lowest BCUT2D eigenvalue weighted by Gasteiger charge is -2.32. The zero-order chi connectivity index (χ0) is 27.6. The molecule has 1 atom stereocenters. The molecule has 0 spiro atoms. The van der Waals surface area contributed by atoms with Crippen molar-refractivity contribution in [3.63, 3.8) is 0 Å². The Balaban J connectivity index is 1.45. The molecule has 1 saturated heterocycles. The maximum atomic E-state index is 10.1. The smallest absolute Gasteiger partial charge is 0.224 e. The minimum Gasteiger partial charge on any atom is -0.393 e. The number of nitrogens with one attached hydrogen (secondary N) is 1. The zero-order valence-corrected chi connectivity index (χ0v) is 21.7. The Labute approximate surface area is 219 Å². The molecule has 0 unspecified atom stereocenters. The van der Waals surface area contributed by atoms with Crippen molar-refractivity contribution >= 4 is 17.0 Å². The van der Waals surface area contributed by atoms with Gasteiger partial charge in [0.1, 0.15) is 5.65 Å². The largest absolute Gasteiger partial charge is 0.393 e. The molecule has 2 aliphatic rings. The molecule has 1 aliphatic carbocycles. The van der Waals surface area contributed by atoms with Gasteiger partial charge >= 0.3 is 0 Å². The maximum Gasteiger partial charge on any atom is 0.224 e. The molecule has 3 heterocycles. The predicted octanol–water partition coefficient (Wildman–Crippen LogP) is 4.92. The number of rotatable bonds is 8. The van der Waals surface area contributed by atoms with Gasteiger partial charge in [0.2, 0.25) is 5.95 Å². The van der Waals surface area contributed by atoms with E-state index in [2.05, 4.69) is 62.2 Å². The molecule has 1 saturated carbocycles. The van der Waals surface area contributed by atoms with Gasteiger partial charge in [-0.2, -0.15) is 4.98 Å². The normalized spacial score (nSPS) is 24.2. The quantitative estimate of drug-likeness (QED) is 0.464. The molecular formula is C29H42N6O. The van der Waals surface area contributed by atoms with E-state index >= 15 is 0 Å². The van der Waals surface area contributed by atoms with Gasteiger partial charge in [0.15, 0.2) is 0 Å². The van der Waals surface area contributed by atoms with Crippen LogP contribution in [-0.4, -0.2) is 74.8 Å². The number of likely N-dealkylation sites (N-methyl/N-ethyl adjacent to an activating group) is 1. The molecule has 2 fully saturated rings. The van der Waals surface area contributed by atoms with Gasteiger partial charge in [0.05, 0.1) is 6.10 Å². The van der Waals surface area contributed by atoms with Gasteiger partial charge < -0.3 is 19.9 Å². The van der Waals surface area contributed by atoms with Crippen LogP contribution in [0.5, 0.6) is 0 Å². The van der Waals surface area contributed by atoms with Crippen molar-refractivity contribution in [2.24, 2.45) is 0 Å². The standard InChI is InChI=1S/C29H42N6O/c1-4-5-21(2)31-29-30-18-26-27(20-35(28(26)32-29)24-10-12-25(36)13-11-24)23-8-6-22(7-9-23)19-34-16-14-33(3)15-17-34/h6-9,18,20-21,24-25,36H,4-5,10-17,19H2,1-3H3,(H,30,31,32)/t21-,24?,25?/m0/s1/i2D3. The van der Waals surface area contributed by atoms with Gasteiger partial charge in [-0.25, -0.2) is 4.98 Å². The van der Waals surface area contributed by atoms with Gasteiger partial charge in [-0.05, 0) is 57.1 Å². The number of hydrogen-bond acceptors (Lipinski definition) is 6. The van der Waals surface area contributed by atoms with Crippen LogP contribution < -0.4 is 5.32 Å². The average Bonchev–Trinajstić information content (AvgIpc) is 3.29. The molecule has 3 aromatic rings. The highest BCUT2D eigenvalue weighted by molar-refractivity contribution is 5.94. The van der Waals surface area contributed by atoms with E-state index in [4.69, 9.17) is 9.10 Å². The van der Waals surface area contributed by atoms with Crippen LogP contribution in [0.1, 0.15) is 68.0 Å². The van der Waals surface area contributed by atoms with Gasteiger partial charge in [-0.15, -0.1) is 0 Å². The van der Waals surface area contributed by atoms with Gasteiger partial charge in [0, 0.05) is 72.3 Å². The average molecular weight is 494 g/mol. The number of nitrogens with zero attached hydrogens (tertiary/aromatic N) is 5. The molecule has 194 valence electrons. The number of hydrogen-bond donors (Lipinski definition) is 2. The minimum atomic E-state index is -2.13. The molecule has 1 aliphatic heterocycles. The molecule has 5 rings (SSSR count). The lowest BCUT2D eigenvalue weighted by atomic mass is 9.93. The summed E-state index contributed by atoms with van der Waals surface area (Å²) >= 11 is 0. The third-order valence-corrected chi connectivity index (χ3v) is 7.78. The maximum absolute atomic E-state index is 10.1. The first-order valence-electron chi connectivity index (χ1n) is 15.0. The first-order chi connectivity index (χ1) is 18.7. The van der Waals surface area contributed by atoms with Crippen LogP contribution in [-0.2, 0) is 6.54 Å². The van der Waals surface area contributed by atoms with E-state index in [0.717, 1.165) is 87.0 Å². The lowest BCUT2D eigenvalue weighted by molar-refractivity contribution is 0.111. The summed E-state index contributed by atoms with van der Waals surface area (Å²) in [5.74, 6) is 0.348. The summed E-state index contributed by atoms with van der Waals surface area (Å²) in [6.45, 7) is 5.21. The highest BCUT2D eigenvalue weighted by atomic mass is 16.3. The van der Waals surface area contributed by atoms with Crippen molar-refractivity contribution in [1.82, 2.24) is 24.3 Å². The Morgan fingerprint density at radius 1 is 1.11 bits per heavy atom. The molecular weight excluding hydrogens is 448 g/mol. The van der Waals surface area contributed by atoms with Gasteiger partial charge in [0.25, 0.3) is 0 Å². The summed E-state index contributed by atoms with van der Waals surface area (Å²) in [5, 5.41) is 14.2. The molecule has 7 nitrogen and oxygen atoms in total. The second-order valence-electron chi connectivity index (χ2n) is 10.6. The summed E-state index contributed by atoms with van der Waals surface area (Å²) in [5.41, 5.74) is 4.32. The number of piperazine rings is 1. The molecule has 0 bridgehead atoms. The van der Waals surface area contributed by atoms with Gasteiger partial charge in [-0.3, -0.25) is 4.90 Å². The lowest BCUT2D eigenvalue weighted by Crippen LogP contribution is -2.43. The van der Waals surface area contributed by atoms with E-state index in [-0.39, 0.29) is 12.1 Å². The molecule has 2 aromatic heterocycles.